The van der Waals surface area contributed by atoms with Gasteiger partial charge in [-0.15, -0.1) is 0 Å². The number of benzene rings is 2. The molecule has 4 rings (SSSR count). The number of aromatic amines is 1. The van der Waals surface area contributed by atoms with Crippen molar-refractivity contribution < 1.29 is 4.39 Å². The largest absolute Gasteiger partial charge is 0.351 e. The summed E-state index contributed by atoms with van der Waals surface area (Å²) in [4.78, 5) is 8.76. The quantitative estimate of drug-likeness (QED) is 0.610. The van der Waals surface area contributed by atoms with Gasteiger partial charge in [0.05, 0.1) is 22.7 Å². The Kier molecular flexibility index (Phi) is 2.95. The summed E-state index contributed by atoms with van der Waals surface area (Å²) in [6.45, 7) is 0.521. The monoisotopic (exact) mass is 306 g/mol. The van der Waals surface area contributed by atoms with E-state index in [1.165, 1.54) is 12.1 Å². The smallest absolute Gasteiger partial charge is 0.253 e. The standard InChI is InChI=1S/C16H11FN6/c17-12-4-1-10(2-5-12)9-19-15-21-16-20-13-7-11(8-18)3-6-14(13)23(16)22-15/h1-7H,9H2,(H2,19,20,21,22). The molecule has 2 heterocycles. The number of imidazole rings is 1. The Balaban J connectivity index is 1.61. The van der Waals surface area contributed by atoms with Crippen molar-refractivity contribution in [3.05, 3.63) is 59.4 Å². The SMILES string of the molecule is N#Cc1ccc2c(c1)nc1nc(NCc3ccc(F)cc3)[nH]n12. The van der Waals surface area contributed by atoms with Crippen LogP contribution in [0.25, 0.3) is 16.8 Å². The van der Waals surface area contributed by atoms with Gasteiger partial charge in [-0.2, -0.15) is 10.2 Å². The molecule has 0 fully saturated rings. The minimum Gasteiger partial charge on any atom is -0.351 e. The van der Waals surface area contributed by atoms with Crippen molar-refractivity contribution in [1.29, 1.82) is 5.26 Å². The molecule has 0 radical (unpaired) electrons. The van der Waals surface area contributed by atoms with E-state index >= 15 is 0 Å². The second-order valence-corrected chi connectivity index (χ2v) is 5.11. The van der Waals surface area contributed by atoms with Crippen molar-refractivity contribution in [3.63, 3.8) is 0 Å². The van der Waals surface area contributed by atoms with Crippen LogP contribution in [0.2, 0.25) is 0 Å². The van der Waals surface area contributed by atoms with E-state index in [9.17, 15) is 4.39 Å². The first kappa shape index (κ1) is 13.3. The second-order valence-electron chi connectivity index (χ2n) is 5.11. The average molecular weight is 306 g/mol. The molecule has 2 aromatic carbocycles. The summed E-state index contributed by atoms with van der Waals surface area (Å²) in [6.07, 6.45) is 0. The third-order valence-corrected chi connectivity index (χ3v) is 3.57. The molecule has 112 valence electrons. The number of aromatic nitrogens is 4. The molecule has 0 bridgehead atoms. The van der Waals surface area contributed by atoms with Gasteiger partial charge in [0.25, 0.3) is 5.78 Å². The van der Waals surface area contributed by atoms with E-state index < -0.39 is 0 Å². The molecule has 0 unspecified atom stereocenters. The van der Waals surface area contributed by atoms with Crippen LogP contribution in [0.15, 0.2) is 42.5 Å². The Morgan fingerprint density at radius 3 is 2.78 bits per heavy atom. The molecule has 2 aromatic heterocycles. The van der Waals surface area contributed by atoms with Gasteiger partial charge in [-0.25, -0.2) is 13.9 Å². The maximum Gasteiger partial charge on any atom is 0.253 e. The number of rotatable bonds is 3. The number of nitrogens with one attached hydrogen (secondary N) is 2. The first-order chi connectivity index (χ1) is 11.2. The zero-order valence-corrected chi connectivity index (χ0v) is 11.9. The summed E-state index contributed by atoms with van der Waals surface area (Å²) >= 11 is 0. The molecule has 0 aliphatic carbocycles. The Morgan fingerprint density at radius 1 is 1.17 bits per heavy atom. The van der Waals surface area contributed by atoms with Crippen molar-refractivity contribution in [3.8, 4) is 6.07 Å². The number of H-pyrrole nitrogens is 1. The molecular weight excluding hydrogens is 295 g/mol. The van der Waals surface area contributed by atoms with E-state index in [-0.39, 0.29) is 5.82 Å². The molecule has 6 nitrogen and oxygen atoms in total. The molecule has 0 spiro atoms. The van der Waals surface area contributed by atoms with Gasteiger partial charge < -0.3 is 5.32 Å². The molecule has 0 aliphatic heterocycles. The number of nitrogens with zero attached hydrogens (tertiary/aromatic N) is 4. The van der Waals surface area contributed by atoms with Crippen molar-refractivity contribution in [2.24, 2.45) is 0 Å². The minimum atomic E-state index is -0.256. The number of anilines is 1. The molecule has 0 aliphatic rings. The number of halogens is 1. The van der Waals surface area contributed by atoms with Gasteiger partial charge >= 0.3 is 0 Å². The predicted octanol–water partition coefficient (Wildman–Crippen LogP) is 2.83. The van der Waals surface area contributed by atoms with E-state index in [1.54, 1.807) is 28.8 Å². The summed E-state index contributed by atoms with van der Waals surface area (Å²) in [7, 11) is 0. The highest BCUT2D eigenvalue weighted by Crippen LogP contribution is 2.18. The zero-order chi connectivity index (χ0) is 15.8. The third kappa shape index (κ3) is 2.36. The van der Waals surface area contributed by atoms with Crippen LogP contribution in [0.1, 0.15) is 11.1 Å². The minimum absolute atomic E-state index is 0.256. The van der Waals surface area contributed by atoms with Crippen molar-refractivity contribution >= 4 is 22.8 Å². The molecule has 0 saturated carbocycles. The lowest BCUT2D eigenvalue weighted by Gasteiger charge is -2.02. The van der Waals surface area contributed by atoms with Gasteiger partial charge in [-0.1, -0.05) is 12.1 Å². The fourth-order valence-corrected chi connectivity index (χ4v) is 2.42. The van der Waals surface area contributed by atoms with Gasteiger partial charge in [0, 0.05) is 6.54 Å². The summed E-state index contributed by atoms with van der Waals surface area (Å²) in [5.41, 5.74) is 3.08. The maximum absolute atomic E-state index is 12.9. The van der Waals surface area contributed by atoms with Gasteiger partial charge in [0.15, 0.2) is 0 Å². The Labute approximate surface area is 130 Å². The highest BCUT2D eigenvalue weighted by atomic mass is 19.1. The molecule has 4 aromatic rings. The van der Waals surface area contributed by atoms with E-state index in [0.29, 0.717) is 29.4 Å². The Hall–Kier alpha value is -3.40. The average Bonchev–Trinajstić information content (AvgIpc) is 3.10. The molecule has 2 N–H and O–H groups in total. The summed E-state index contributed by atoms with van der Waals surface area (Å²) in [6, 6.07) is 13.7. The van der Waals surface area contributed by atoms with Gasteiger partial charge in [-0.05, 0) is 35.9 Å². The summed E-state index contributed by atoms with van der Waals surface area (Å²) in [5.74, 6) is 0.841. The molecule has 7 heteroatoms. The van der Waals surface area contributed by atoms with Crippen molar-refractivity contribution in [1.82, 2.24) is 19.6 Å². The Bertz CT molecular complexity index is 1040. The molecule has 0 atom stereocenters. The lowest BCUT2D eigenvalue weighted by atomic mass is 10.2. The topological polar surface area (TPSA) is 81.8 Å². The van der Waals surface area contributed by atoms with Crippen LogP contribution in [-0.2, 0) is 6.54 Å². The molecule has 0 amide bonds. The zero-order valence-electron chi connectivity index (χ0n) is 11.9. The maximum atomic E-state index is 12.9. The van der Waals surface area contributed by atoms with Crippen molar-refractivity contribution in [2.75, 3.05) is 5.32 Å². The number of fused-ring (bicyclic) bond motifs is 3. The van der Waals surface area contributed by atoms with Crippen LogP contribution in [0.5, 0.6) is 0 Å². The van der Waals surface area contributed by atoms with Crippen LogP contribution in [0.4, 0.5) is 10.3 Å². The van der Waals surface area contributed by atoms with Gasteiger partial charge in [-0.3, -0.25) is 5.10 Å². The van der Waals surface area contributed by atoms with Crippen LogP contribution in [-0.4, -0.2) is 19.6 Å². The van der Waals surface area contributed by atoms with Crippen LogP contribution < -0.4 is 5.32 Å². The molecular formula is C16H11FN6. The fraction of sp³-hybridized carbons (Fsp3) is 0.0625. The highest BCUT2D eigenvalue weighted by molar-refractivity contribution is 5.80. The van der Waals surface area contributed by atoms with Crippen LogP contribution in [0, 0.1) is 17.1 Å². The number of hydrogen-bond acceptors (Lipinski definition) is 4. The van der Waals surface area contributed by atoms with Gasteiger partial charge in [0.2, 0.25) is 5.95 Å². The summed E-state index contributed by atoms with van der Waals surface area (Å²) < 4.78 is 14.6. The lowest BCUT2D eigenvalue weighted by molar-refractivity contribution is 0.627. The second kappa shape index (κ2) is 5.10. The fourth-order valence-electron chi connectivity index (χ4n) is 2.42. The Morgan fingerprint density at radius 2 is 2.00 bits per heavy atom. The summed E-state index contributed by atoms with van der Waals surface area (Å²) in [5, 5.41) is 15.2. The number of hydrogen-bond donors (Lipinski definition) is 2. The first-order valence-electron chi connectivity index (χ1n) is 6.99. The number of nitriles is 1. The van der Waals surface area contributed by atoms with Crippen LogP contribution >= 0.6 is 0 Å². The van der Waals surface area contributed by atoms with E-state index in [1.807, 2.05) is 6.07 Å². The van der Waals surface area contributed by atoms with E-state index in [0.717, 1.165) is 11.1 Å². The molecule has 23 heavy (non-hydrogen) atoms. The van der Waals surface area contributed by atoms with Gasteiger partial charge in [0.1, 0.15) is 5.82 Å². The normalized spacial score (nSPS) is 11.0. The molecule has 0 saturated heterocycles. The first-order valence-corrected chi connectivity index (χ1v) is 6.99. The van der Waals surface area contributed by atoms with E-state index in [2.05, 4.69) is 26.5 Å². The predicted molar refractivity (Wildman–Crippen MR) is 83.3 cm³/mol. The van der Waals surface area contributed by atoms with Crippen molar-refractivity contribution in [2.45, 2.75) is 6.54 Å². The highest BCUT2D eigenvalue weighted by Gasteiger charge is 2.10. The van der Waals surface area contributed by atoms with E-state index in [4.69, 9.17) is 5.26 Å². The third-order valence-electron chi connectivity index (χ3n) is 3.57. The lowest BCUT2D eigenvalue weighted by Crippen LogP contribution is -2.01. The van der Waals surface area contributed by atoms with Crippen LogP contribution in [0.3, 0.4) is 0 Å².